The number of fused-ring (bicyclic) bond motifs is 3. The van der Waals surface area contributed by atoms with E-state index in [0.29, 0.717) is 12.8 Å². The van der Waals surface area contributed by atoms with Crippen LogP contribution in [0.3, 0.4) is 0 Å². The van der Waals surface area contributed by atoms with Crippen LogP contribution in [0.2, 0.25) is 0 Å². The summed E-state index contributed by atoms with van der Waals surface area (Å²) in [6, 6.07) is 14.6. The number of esters is 1. The molecule has 0 heterocycles. The van der Waals surface area contributed by atoms with Crippen molar-refractivity contribution in [1.29, 1.82) is 0 Å². The van der Waals surface area contributed by atoms with Gasteiger partial charge in [0.15, 0.2) is 0 Å². The third-order valence-corrected chi connectivity index (χ3v) is 4.84. The average Bonchev–Trinajstić information content (AvgIpc) is 3.02. The number of ether oxygens (including phenoxy) is 1. The van der Waals surface area contributed by atoms with Gasteiger partial charge in [-0.05, 0) is 53.6 Å². The van der Waals surface area contributed by atoms with Gasteiger partial charge in [0, 0.05) is 18.5 Å². The predicted octanol–water partition coefficient (Wildman–Crippen LogP) is 4.71. The largest absolute Gasteiger partial charge is 0.469 e. The van der Waals surface area contributed by atoms with Crippen LogP contribution in [0.1, 0.15) is 49.7 Å². The zero-order chi connectivity index (χ0) is 18.4. The molecule has 2 aromatic carbocycles. The third kappa shape index (κ3) is 4.51. The zero-order valence-electron chi connectivity index (χ0n) is 15.2. The van der Waals surface area contributed by atoms with Crippen LogP contribution in [0, 0.1) is 0 Å². The Bertz CT molecular complexity index is 798. The fourth-order valence-corrected chi connectivity index (χ4v) is 3.44. The van der Waals surface area contributed by atoms with E-state index >= 15 is 0 Å². The lowest BCUT2D eigenvalue weighted by Gasteiger charge is -2.08. The normalized spacial score (nSPS) is 11.6. The van der Waals surface area contributed by atoms with E-state index in [1.165, 1.54) is 29.4 Å². The number of unbranched alkanes of at least 4 members (excludes halogenated alkanes) is 3. The van der Waals surface area contributed by atoms with E-state index in [1.54, 1.807) is 0 Å². The van der Waals surface area contributed by atoms with Gasteiger partial charge in [0.1, 0.15) is 0 Å². The number of methoxy groups -OCH3 is 1. The number of carbonyl (C=O) groups excluding carboxylic acids is 2. The van der Waals surface area contributed by atoms with Gasteiger partial charge < -0.3 is 10.1 Å². The lowest BCUT2D eigenvalue weighted by molar-refractivity contribution is -0.140. The van der Waals surface area contributed by atoms with Crippen molar-refractivity contribution in [2.24, 2.45) is 0 Å². The lowest BCUT2D eigenvalue weighted by atomic mass is 10.1. The molecule has 0 aliphatic heterocycles. The van der Waals surface area contributed by atoms with Crippen LogP contribution in [0.4, 0.5) is 5.69 Å². The van der Waals surface area contributed by atoms with Gasteiger partial charge in [-0.15, -0.1) is 0 Å². The van der Waals surface area contributed by atoms with Crippen molar-refractivity contribution in [2.75, 3.05) is 12.4 Å². The Morgan fingerprint density at radius 1 is 0.923 bits per heavy atom. The molecule has 26 heavy (non-hydrogen) atoms. The van der Waals surface area contributed by atoms with Crippen molar-refractivity contribution in [1.82, 2.24) is 0 Å². The summed E-state index contributed by atoms with van der Waals surface area (Å²) >= 11 is 0. The second kappa shape index (κ2) is 8.65. The van der Waals surface area contributed by atoms with E-state index < -0.39 is 0 Å². The van der Waals surface area contributed by atoms with Crippen molar-refractivity contribution in [3.63, 3.8) is 0 Å². The van der Waals surface area contributed by atoms with Gasteiger partial charge in [-0.2, -0.15) is 0 Å². The maximum absolute atomic E-state index is 12.2. The minimum atomic E-state index is -0.166. The molecule has 0 spiro atoms. The van der Waals surface area contributed by atoms with Gasteiger partial charge >= 0.3 is 5.97 Å². The molecule has 0 atom stereocenters. The number of anilines is 1. The van der Waals surface area contributed by atoms with Crippen molar-refractivity contribution < 1.29 is 14.3 Å². The first-order chi connectivity index (χ1) is 12.7. The van der Waals surface area contributed by atoms with Crippen LogP contribution >= 0.6 is 0 Å². The van der Waals surface area contributed by atoms with E-state index in [2.05, 4.69) is 46.5 Å². The third-order valence-electron chi connectivity index (χ3n) is 4.84. The van der Waals surface area contributed by atoms with Crippen LogP contribution in [0.5, 0.6) is 0 Å². The second-order valence-electron chi connectivity index (χ2n) is 6.74. The first-order valence-electron chi connectivity index (χ1n) is 9.25. The Morgan fingerprint density at radius 2 is 1.65 bits per heavy atom. The SMILES string of the molecule is COC(=O)CCCCCCC(=O)Nc1ccc2c(c1)-c1ccccc1C2. The van der Waals surface area contributed by atoms with Crippen LogP contribution in [0.25, 0.3) is 11.1 Å². The molecule has 0 unspecified atom stereocenters. The highest BCUT2D eigenvalue weighted by Crippen LogP contribution is 2.37. The molecule has 0 saturated heterocycles. The van der Waals surface area contributed by atoms with Crippen molar-refractivity contribution in [2.45, 2.75) is 44.9 Å². The maximum Gasteiger partial charge on any atom is 0.305 e. The van der Waals surface area contributed by atoms with Crippen molar-refractivity contribution >= 4 is 17.6 Å². The number of hydrogen-bond donors (Lipinski definition) is 1. The molecule has 0 fully saturated rings. The van der Waals surface area contributed by atoms with Gasteiger partial charge in [-0.3, -0.25) is 9.59 Å². The first-order valence-corrected chi connectivity index (χ1v) is 9.25. The smallest absolute Gasteiger partial charge is 0.305 e. The minimum Gasteiger partial charge on any atom is -0.469 e. The standard InChI is InChI=1S/C22H25NO3/c1-26-22(25)11-5-3-2-4-10-21(24)23-18-13-12-17-14-16-8-6-7-9-19(16)20(17)15-18/h6-9,12-13,15H,2-5,10-11,14H2,1H3,(H,23,24). The maximum atomic E-state index is 12.2. The average molecular weight is 351 g/mol. The summed E-state index contributed by atoms with van der Waals surface area (Å²) in [5.41, 5.74) is 6.01. The predicted molar refractivity (Wildman–Crippen MR) is 103 cm³/mol. The summed E-state index contributed by atoms with van der Waals surface area (Å²) in [6.45, 7) is 0. The van der Waals surface area contributed by atoms with Gasteiger partial charge in [-0.25, -0.2) is 0 Å². The number of benzene rings is 2. The monoisotopic (exact) mass is 351 g/mol. The van der Waals surface area contributed by atoms with Crippen molar-refractivity contribution in [3.8, 4) is 11.1 Å². The van der Waals surface area contributed by atoms with E-state index in [-0.39, 0.29) is 11.9 Å². The van der Waals surface area contributed by atoms with Gasteiger partial charge in [0.2, 0.25) is 5.91 Å². The Balaban J connectivity index is 1.45. The molecular weight excluding hydrogens is 326 g/mol. The molecule has 1 aliphatic rings. The van der Waals surface area contributed by atoms with E-state index in [9.17, 15) is 9.59 Å². The van der Waals surface area contributed by atoms with E-state index in [0.717, 1.165) is 37.8 Å². The van der Waals surface area contributed by atoms with E-state index in [1.807, 2.05) is 6.07 Å². The number of carbonyl (C=O) groups is 2. The number of nitrogens with one attached hydrogen (secondary N) is 1. The first kappa shape index (κ1) is 18.2. The summed E-state index contributed by atoms with van der Waals surface area (Å²) in [4.78, 5) is 23.2. The van der Waals surface area contributed by atoms with Crippen LogP contribution in [-0.2, 0) is 20.7 Å². The highest BCUT2D eigenvalue weighted by Gasteiger charge is 2.18. The van der Waals surface area contributed by atoms with Gasteiger partial charge in [0.25, 0.3) is 0 Å². The molecule has 1 aliphatic carbocycles. The molecule has 0 aromatic heterocycles. The fraction of sp³-hybridized carbons (Fsp3) is 0.364. The molecule has 0 saturated carbocycles. The highest BCUT2D eigenvalue weighted by atomic mass is 16.5. The van der Waals surface area contributed by atoms with E-state index in [4.69, 9.17) is 0 Å². The number of hydrogen-bond acceptors (Lipinski definition) is 3. The molecule has 0 radical (unpaired) electrons. The highest BCUT2D eigenvalue weighted by molar-refractivity contribution is 5.92. The Kier molecular flexibility index (Phi) is 6.05. The topological polar surface area (TPSA) is 55.4 Å². The molecule has 136 valence electrons. The minimum absolute atomic E-state index is 0.0456. The Morgan fingerprint density at radius 3 is 2.46 bits per heavy atom. The zero-order valence-corrected chi connectivity index (χ0v) is 15.2. The number of rotatable bonds is 8. The van der Waals surface area contributed by atoms with Gasteiger partial charge in [-0.1, -0.05) is 43.2 Å². The Labute approximate surface area is 154 Å². The molecular formula is C22H25NO3. The van der Waals surface area contributed by atoms with Gasteiger partial charge in [0.05, 0.1) is 7.11 Å². The molecule has 1 amide bonds. The quantitative estimate of drug-likeness (QED) is 0.472. The molecule has 0 bridgehead atoms. The summed E-state index contributed by atoms with van der Waals surface area (Å²) in [5.74, 6) is -0.120. The molecule has 2 aromatic rings. The van der Waals surface area contributed by atoms with Crippen molar-refractivity contribution in [3.05, 3.63) is 53.6 Å². The summed E-state index contributed by atoms with van der Waals surface area (Å²) in [5, 5.41) is 3.01. The molecule has 1 N–H and O–H groups in total. The number of amides is 1. The summed E-state index contributed by atoms with van der Waals surface area (Å²) < 4.78 is 4.61. The molecule has 3 rings (SSSR count). The molecule has 4 nitrogen and oxygen atoms in total. The van der Waals surface area contributed by atoms with Crippen LogP contribution in [0.15, 0.2) is 42.5 Å². The lowest BCUT2D eigenvalue weighted by Crippen LogP contribution is -2.11. The summed E-state index contributed by atoms with van der Waals surface area (Å²) in [7, 11) is 1.41. The fourth-order valence-electron chi connectivity index (χ4n) is 3.44. The van der Waals surface area contributed by atoms with Crippen LogP contribution < -0.4 is 5.32 Å². The summed E-state index contributed by atoms with van der Waals surface area (Å²) in [6.07, 6.45) is 5.47. The Hall–Kier alpha value is -2.62. The molecule has 4 heteroatoms. The second-order valence-corrected chi connectivity index (χ2v) is 6.74. The van der Waals surface area contributed by atoms with Crippen LogP contribution in [-0.4, -0.2) is 19.0 Å².